The molecule has 1 aromatic rings. The monoisotopic (exact) mass is 300 g/mol. The molecular formula is C12H17BrN2O2. The number of carbonyl (C=O) groups excluding carboxylic acids is 1. The number of nitrogens with zero attached hydrogens (tertiary/aromatic N) is 1. The smallest absolute Gasteiger partial charge is 0.317 e. The van der Waals surface area contributed by atoms with Crippen molar-refractivity contribution < 1.29 is 9.21 Å². The first-order valence-corrected chi connectivity index (χ1v) is 6.27. The standard InChI is InChI=1S/C12H17BrN2O2/c1-3-4-5-8-14-12(16)15(2)9-10-6-7-11(13)17-10/h3-4,6-7H,5,8-9H2,1-2H3,(H,14,16). The van der Waals surface area contributed by atoms with Gasteiger partial charge in [-0.05, 0) is 41.4 Å². The Morgan fingerprint density at radius 1 is 1.59 bits per heavy atom. The fraction of sp³-hybridized carbons (Fsp3) is 0.417. The molecule has 0 aliphatic rings. The molecule has 2 amide bonds. The predicted molar refractivity (Wildman–Crippen MR) is 70.7 cm³/mol. The number of urea groups is 1. The molecule has 0 aliphatic heterocycles. The lowest BCUT2D eigenvalue weighted by molar-refractivity contribution is 0.203. The Morgan fingerprint density at radius 3 is 2.94 bits per heavy atom. The van der Waals surface area contributed by atoms with Crippen molar-refractivity contribution in [3.63, 3.8) is 0 Å². The maximum Gasteiger partial charge on any atom is 0.317 e. The second-order valence-electron chi connectivity index (χ2n) is 3.65. The molecule has 0 saturated carbocycles. The predicted octanol–water partition coefficient (Wildman–Crippen LogP) is 3.15. The largest absolute Gasteiger partial charge is 0.452 e. The van der Waals surface area contributed by atoms with Gasteiger partial charge >= 0.3 is 6.03 Å². The first-order valence-electron chi connectivity index (χ1n) is 5.48. The minimum atomic E-state index is -0.0953. The van der Waals surface area contributed by atoms with Crippen LogP contribution in [0.5, 0.6) is 0 Å². The number of carbonyl (C=O) groups is 1. The maximum absolute atomic E-state index is 11.7. The van der Waals surface area contributed by atoms with Gasteiger partial charge in [0.15, 0.2) is 4.67 Å². The summed E-state index contributed by atoms with van der Waals surface area (Å²) in [5, 5.41) is 2.83. The summed E-state index contributed by atoms with van der Waals surface area (Å²) in [5.41, 5.74) is 0. The molecule has 0 bridgehead atoms. The van der Waals surface area contributed by atoms with Crippen molar-refractivity contribution in [1.29, 1.82) is 0 Å². The van der Waals surface area contributed by atoms with Crippen molar-refractivity contribution in [2.24, 2.45) is 0 Å². The number of hydrogen-bond donors (Lipinski definition) is 1. The minimum Gasteiger partial charge on any atom is -0.452 e. The fourth-order valence-corrected chi connectivity index (χ4v) is 1.65. The Morgan fingerprint density at radius 2 is 2.35 bits per heavy atom. The molecule has 94 valence electrons. The van der Waals surface area contributed by atoms with Gasteiger partial charge in [0.25, 0.3) is 0 Å². The molecule has 0 unspecified atom stereocenters. The summed E-state index contributed by atoms with van der Waals surface area (Å²) in [4.78, 5) is 13.2. The molecule has 0 aromatic carbocycles. The summed E-state index contributed by atoms with van der Waals surface area (Å²) < 4.78 is 6.01. The number of furan rings is 1. The van der Waals surface area contributed by atoms with Gasteiger partial charge in [0.05, 0.1) is 6.54 Å². The molecule has 5 heteroatoms. The molecule has 0 fully saturated rings. The van der Waals surface area contributed by atoms with E-state index in [2.05, 4.69) is 21.2 Å². The van der Waals surface area contributed by atoms with Crippen LogP contribution in [0.25, 0.3) is 0 Å². The zero-order valence-corrected chi connectivity index (χ0v) is 11.7. The van der Waals surface area contributed by atoms with Crippen LogP contribution in [0.15, 0.2) is 33.4 Å². The van der Waals surface area contributed by atoms with Gasteiger partial charge in [0.2, 0.25) is 0 Å². The van der Waals surface area contributed by atoms with E-state index >= 15 is 0 Å². The topological polar surface area (TPSA) is 45.5 Å². The minimum absolute atomic E-state index is 0.0953. The summed E-state index contributed by atoms with van der Waals surface area (Å²) in [5.74, 6) is 0.753. The zero-order valence-electron chi connectivity index (χ0n) is 10.1. The molecule has 0 spiro atoms. The second kappa shape index (κ2) is 7.17. The van der Waals surface area contributed by atoms with Crippen molar-refractivity contribution in [1.82, 2.24) is 10.2 Å². The summed E-state index contributed by atoms with van der Waals surface area (Å²) >= 11 is 3.22. The number of rotatable bonds is 5. The van der Waals surface area contributed by atoms with Crippen molar-refractivity contribution in [3.05, 3.63) is 34.7 Å². The van der Waals surface area contributed by atoms with Crippen LogP contribution in [-0.4, -0.2) is 24.5 Å². The highest BCUT2D eigenvalue weighted by atomic mass is 79.9. The van der Waals surface area contributed by atoms with Crippen LogP contribution in [0.3, 0.4) is 0 Å². The van der Waals surface area contributed by atoms with Gasteiger partial charge in [0.1, 0.15) is 5.76 Å². The van der Waals surface area contributed by atoms with Crippen molar-refractivity contribution in [2.45, 2.75) is 19.9 Å². The molecule has 0 saturated heterocycles. The molecule has 1 aromatic heterocycles. The molecular weight excluding hydrogens is 284 g/mol. The quantitative estimate of drug-likeness (QED) is 0.671. The molecule has 4 nitrogen and oxygen atoms in total. The summed E-state index contributed by atoms with van der Waals surface area (Å²) in [6, 6.07) is 3.56. The van der Waals surface area contributed by atoms with Gasteiger partial charge in [0, 0.05) is 13.6 Å². The molecule has 1 N–H and O–H groups in total. The van der Waals surface area contributed by atoms with Crippen LogP contribution in [0.2, 0.25) is 0 Å². The lowest BCUT2D eigenvalue weighted by Gasteiger charge is -2.16. The Hall–Kier alpha value is -1.23. The Balaban J connectivity index is 2.31. The van der Waals surface area contributed by atoms with Crippen LogP contribution in [0.4, 0.5) is 4.79 Å². The summed E-state index contributed by atoms with van der Waals surface area (Å²) in [6.07, 6.45) is 4.84. The third-order valence-corrected chi connectivity index (χ3v) is 2.62. The third-order valence-electron chi connectivity index (χ3n) is 2.19. The van der Waals surface area contributed by atoms with E-state index in [0.717, 1.165) is 12.2 Å². The van der Waals surface area contributed by atoms with E-state index < -0.39 is 0 Å². The Bertz CT molecular complexity index is 388. The molecule has 0 atom stereocenters. The van der Waals surface area contributed by atoms with Crippen LogP contribution < -0.4 is 5.32 Å². The van der Waals surface area contributed by atoms with E-state index in [1.165, 1.54) is 0 Å². The van der Waals surface area contributed by atoms with Gasteiger partial charge in [-0.3, -0.25) is 0 Å². The number of allylic oxidation sites excluding steroid dienone is 1. The van der Waals surface area contributed by atoms with Gasteiger partial charge in [-0.1, -0.05) is 12.2 Å². The van der Waals surface area contributed by atoms with Crippen molar-refractivity contribution in [3.8, 4) is 0 Å². The Kier molecular flexibility index (Phi) is 5.83. The molecule has 1 heterocycles. The highest BCUT2D eigenvalue weighted by molar-refractivity contribution is 9.10. The van der Waals surface area contributed by atoms with E-state index in [-0.39, 0.29) is 6.03 Å². The Labute approximate surface area is 110 Å². The summed E-state index contributed by atoms with van der Waals surface area (Å²) in [6.45, 7) is 3.07. The average Bonchev–Trinajstić information content (AvgIpc) is 2.70. The molecule has 1 rings (SSSR count). The number of hydrogen-bond acceptors (Lipinski definition) is 2. The molecule has 0 aliphatic carbocycles. The van der Waals surface area contributed by atoms with Gasteiger partial charge < -0.3 is 14.6 Å². The van der Waals surface area contributed by atoms with Crippen LogP contribution in [0.1, 0.15) is 19.1 Å². The van der Waals surface area contributed by atoms with Crippen molar-refractivity contribution >= 4 is 22.0 Å². The van der Waals surface area contributed by atoms with Crippen LogP contribution in [0, 0.1) is 0 Å². The average molecular weight is 301 g/mol. The number of nitrogens with one attached hydrogen (secondary N) is 1. The van der Waals surface area contributed by atoms with Crippen molar-refractivity contribution in [2.75, 3.05) is 13.6 Å². The number of halogens is 1. The van der Waals surface area contributed by atoms with Gasteiger partial charge in [-0.25, -0.2) is 4.79 Å². The number of amides is 2. The van der Waals surface area contributed by atoms with Gasteiger partial charge in [-0.15, -0.1) is 0 Å². The van der Waals surface area contributed by atoms with E-state index in [1.807, 2.05) is 31.2 Å². The maximum atomic E-state index is 11.7. The van der Waals surface area contributed by atoms with Gasteiger partial charge in [-0.2, -0.15) is 0 Å². The first kappa shape index (κ1) is 13.8. The van der Waals surface area contributed by atoms with E-state index in [4.69, 9.17) is 4.42 Å². The zero-order chi connectivity index (χ0) is 12.7. The van der Waals surface area contributed by atoms with Crippen LogP contribution in [-0.2, 0) is 6.54 Å². The lowest BCUT2D eigenvalue weighted by atomic mass is 10.4. The normalized spacial score (nSPS) is 10.8. The van der Waals surface area contributed by atoms with E-state index in [0.29, 0.717) is 17.8 Å². The van der Waals surface area contributed by atoms with E-state index in [1.54, 1.807) is 11.9 Å². The highest BCUT2D eigenvalue weighted by Gasteiger charge is 2.10. The second-order valence-corrected chi connectivity index (χ2v) is 4.43. The molecule has 0 radical (unpaired) electrons. The highest BCUT2D eigenvalue weighted by Crippen LogP contribution is 2.15. The first-order chi connectivity index (χ1) is 8.13. The lowest BCUT2D eigenvalue weighted by Crippen LogP contribution is -2.37. The third kappa shape index (κ3) is 5.08. The van der Waals surface area contributed by atoms with Crippen LogP contribution >= 0.6 is 15.9 Å². The molecule has 17 heavy (non-hydrogen) atoms. The SMILES string of the molecule is CC=CCCNC(=O)N(C)Cc1ccc(Br)o1. The van der Waals surface area contributed by atoms with E-state index in [9.17, 15) is 4.79 Å². The summed E-state index contributed by atoms with van der Waals surface area (Å²) in [7, 11) is 1.74. The fourth-order valence-electron chi connectivity index (χ4n) is 1.31.